The fourth-order valence-electron chi connectivity index (χ4n) is 1.29. The molecule has 0 amide bonds. The first-order valence-corrected chi connectivity index (χ1v) is 7.50. The van der Waals surface area contributed by atoms with Gasteiger partial charge in [-0.3, -0.25) is 0 Å². The minimum absolute atomic E-state index is 0.523. The van der Waals surface area contributed by atoms with Crippen LogP contribution in [0.5, 0.6) is 5.75 Å². The van der Waals surface area contributed by atoms with Crippen molar-refractivity contribution >= 4 is 18.4 Å². The fourth-order valence-corrected chi connectivity index (χ4v) is 2.79. The van der Waals surface area contributed by atoms with E-state index >= 15 is 0 Å². The van der Waals surface area contributed by atoms with E-state index in [4.69, 9.17) is 0 Å². The molecule has 1 aromatic rings. The molecule has 0 saturated carbocycles. The first-order chi connectivity index (χ1) is 9.63. The largest absolute Gasteiger partial charge is 0.729 e. The van der Waals surface area contributed by atoms with Crippen LogP contribution in [0.1, 0.15) is 5.56 Å². The number of benzene rings is 1. The SMILES string of the molecule is COc1cccc(C(F)(F)F)c1S(=O)(=O)OO[P+](=O)OC. The molecular weight excluding hydrogens is 340 g/mol. The molecule has 0 aromatic heterocycles. The van der Waals surface area contributed by atoms with Crippen LogP contribution >= 0.6 is 8.25 Å². The third kappa shape index (κ3) is 4.35. The van der Waals surface area contributed by atoms with Crippen LogP contribution in [-0.2, 0) is 34.4 Å². The Labute approximate surface area is 118 Å². The zero-order valence-corrected chi connectivity index (χ0v) is 12.3. The van der Waals surface area contributed by atoms with Crippen LogP contribution in [0.3, 0.4) is 0 Å². The van der Waals surface area contributed by atoms with E-state index in [1.54, 1.807) is 0 Å². The molecule has 1 atom stereocenters. The minimum Gasteiger partial charge on any atom is -0.495 e. The first kappa shape index (κ1) is 17.8. The van der Waals surface area contributed by atoms with Crippen molar-refractivity contribution in [2.45, 2.75) is 11.1 Å². The molecule has 0 spiro atoms. The van der Waals surface area contributed by atoms with Crippen LogP contribution in [0.4, 0.5) is 13.2 Å². The van der Waals surface area contributed by atoms with Crippen molar-refractivity contribution < 1.29 is 44.4 Å². The van der Waals surface area contributed by atoms with Crippen LogP contribution in [0.15, 0.2) is 23.1 Å². The summed E-state index contributed by atoms with van der Waals surface area (Å²) in [4.78, 5) is -1.29. The van der Waals surface area contributed by atoms with Gasteiger partial charge in [-0.1, -0.05) is 10.4 Å². The van der Waals surface area contributed by atoms with Crippen LogP contribution in [-0.4, -0.2) is 22.6 Å². The zero-order chi connectivity index (χ0) is 16.3. The van der Waals surface area contributed by atoms with Gasteiger partial charge < -0.3 is 4.74 Å². The second-order valence-electron chi connectivity index (χ2n) is 3.34. The van der Waals surface area contributed by atoms with Gasteiger partial charge in [-0.05, 0) is 12.1 Å². The van der Waals surface area contributed by atoms with Gasteiger partial charge in [0.1, 0.15) is 5.75 Å². The highest BCUT2D eigenvalue weighted by Crippen LogP contribution is 2.40. The summed E-state index contributed by atoms with van der Waals surface area (Å²) in [7, 11) is -6.12. The Morgan fingerprint density at radius 1 is 1.19 bits per heavy atom. The predicted molar refractivity (Wildman–Crippen MR) is 62.0 cm³/mol. The molecule has 1 unspecified atom stereocenters. The van der Waals surface area contributed by atoms with E-state index in [9.17, 15) is 26.2 Å². The van der Waals surface area contributed by atoms with E-state index in [0.717, 1.165) is 26.4 Å². The summed E-state index contributed by atoms with van der Waals surface area (Å²) in [6, 6.07) is 2.47. The zero-order valence-electron chi connectivity index (χ0n) is 10.6. The Bertz CT molecular complexity index is 629. The summed E-state index contributed by atoms with van der Waals surface area (Å²) in [6.07, 6.45) is -4.98. The van der Waals surface area contributed by atoms with Crippen LogP contribution < -0.4 is 4.74 Å². The Morgan fingerprint density at radius 2 is 1.81 bits per heavy atom. The molecule has 0 fully saturated rings. The van der Waals surface area contributed by atoms with E-state index in [1.165, 1.54) is 0 Å². The van der Waals surface area contributed by atoms with Crippen molar-refractivity contribution in [3.05, 3.63) is 23.8 Å². The second-order valence-corrected chi connectivity index (χ2v) is 5.75. The van der Waals surface area contributed by atoms with E-state index in [2.05, 4.69) is 18.3 Å². The van der Waals surface area contributed by atoms with Crippen LogP contribution in [0.2, 0.25) is 0 Å². The molecule has 0 bridgehead atoms. The molecule has 118 valence electrons. The lowest BCUT2D eigenvalue weighted by Gasteiger charge is -2.14. The highest BCUT2D eigenvalue weighted by Gasteiger charge is 2.41. The molecule has 0 aliphatic carbocycles. The Balaban J connectivity index is 3.36. The third-order valence-corrected chi connectivity index (χ3v) is 3.85. The van der Waals surface area contributed by atoms with Gasteiger partial charge in [-0.2, -0.15) is 21.6 Å². The average molecular weight is 349 g/mol. The van der Waals surface area contributed by atoms with Crippen LogP contribution in [0.25, 0.3) is 0 Å². The van der Waals surface area contributed by atoms with Gasteiger partial charge in [-0.15, -0.1) is 4.52 Å². The number of ether oxygens (including phenoxy) is 1. The van der Waals surface area contributed by atoms with Gasteiger partial charge in [0, 0.05) is 4.57 Å². The maximum absolute atomic E-state index is 12.9. The number of halogens is 3. The summed E-state index contributed by atoms with van der Waals surface area (Å²) in [5, 5.41) is 0. The maximum atomic E-state index is 12.9. The second kappa shape index (κ2) is 6.67. The Morgan fingerprint density at radius 3 is 2.29 bits per heavy atom. The van der Waals surface area contributed by atoms with Gasteiger partial charge in [0.25, 0.3) is 0 Å². The summed E-state index contributed by atoms with van der Waals surface area (Å²) in [5.74, 6) is -0.610. The monoisotopic (exact) mass is 349 g/mol. The van der Waals surface area contributed by atoms with Crippen molar-refractivity contribution in [1.82, 2.24) is 0 Å². The fraction of sp³-hybridized carbons (Fsp3) is 0.333. The molecule has 0 saturated heterocycles. The molecule has 0 N–H and O–H groups in total. The molecule has 1 rings (SSSR count). The normalized spacial score (nSPS) is 13.1. The minimum atomic E-state index is -5.05. The number of hydrogen-bond acceptors (Lipinski definition) is 7. The summed E-state index contributed by atoms with van der Waals surface area (Å²) < 4.78 is 89.3. The van der Waals surface area contributed by atoms with Gasteiger partial charge in [-0.25, -0.2) is 0 Å². The van der Waals surface area contributed by atoms with E-state index < -0.39 is 40.8 Å². The van der Waals surface area contributed by atoms with E-state index in [0.29, 0.717) is 6.07 Å². The van der Waals surface area contributed by atoms with E-state index in [1.807, 2.05) is 0 Å². The first-order valence-electron chi connectivity index (χ1n) is 5.00. The summed E-state index contributed by atoms with van der Waals surface area (Å²) >= 11 is 0. The number of hydrogen-bond donors (Lipinski definition) is 0. The number of alkyl halides is 3. The molecule has 0 heterocycles. The molecule has 21 heavy (non-hydrogen) atoms. The summed E-state index contributed by atoms with van der Waals surface area (Å²) in [6.45, 7) is 0. The molecular formula is C9H9F3O7PS+. The Hall–Kier alpha value is -1.26. The summed E-state index contributed by atoms with van der Waals surface area (Å²) in [5.41, 5.74) is -1.52. The highest BCUT2D eigenvalue weighted by molar-refractivity contribution is 7.87. The molecule has 0 radical (unpaired) electrons. The molecule has 12 heteroatoms. The smallest absolute Gasteiger partial charge is 0.495 e. The lowest BCUT2D eigenvalue weighted by molar-refractivity contribution is -0.141. The van der Waals surface area contributed by atoms with Crippen molar-refractivity contribution in [3.63, 3.8) is 0 Å². The average Bonchev–Trinajstić information content (AvgIpc) is 2.42. The number of rotatable bonds is 6. The number of methoxy groups -OCH3 is 1. The van der Waals surface area contributed by atoms with Crippen molar-refractivity contribution in [2.24, 2.45) is 0 Å². The molecule has 0 aliphatic heterocycles. The van der Waals surface area contributed by atoms with Gasteiger partial charge in [0.15, 0.2) is 4.90 Å². The lowest BCUT2D eigenvalue weighted by Crippen LogP contribution is -2.16. The standard InChI is InChI=1S/C9H9F3O7PS/c1-16-7-5-3-4-6(9(10,11)12)8(7)21(14,15)19-18-20(13)17-2/h3-5H,1-2H3/q+1. The molecule has 7 nitrogen and oxygen atoms in total. The van der Waals surface area contributed by atoms with Crippen LogP contribution in [0, 0.1) is 0 Å². The van der Waals surface area contributed by atoms with Crippen molar-refractivity contribution in [3.8, 4) is 5.75 Å². The topological polar surface area (TPSA) is 88.1 Å². The van der Waals surface area contributed by atoms with E-state index in [-0.39, 0.29) is 0 Å². The van der Waals surface area contributed by atoms with Gasteiger partial charge >= 0.3 is 24.5 Å². The predicted octanol–water partition coefficient (Wildman–Crippen LogP) is 2.65. The quantitative estimate of drug-likeness (QED) is 0.443. The molecule has 1 aromatic carbocycles. The van der Waals surface area contributed by atoms with Gasteiger partial charge in [0.2, 0.25) is 0 Å². The molecule has 0 aliphatic rings. The Kier molecular flexibility index (Phi) is 5.65. The van der Waals surface area contributed by atoms with Crippen molar-refractivity contribution in [2.75, 3.05) is 14.2 Å². The highest BCUT2D eigenvalue weighted by atomic mass is 32.2. The van der Waals surface area contributed by atoms with Gasteiger partial charge in [0.05, 0.1) is 24.5 Å². The maximum Gasteiger partial charge on any atom is 0.729 e. The third-order valence-electron chi connectivity index (χ3n) is 2.08. The lowest BCUT2D eigenvalue weighted by atomic mass is 10.2. The van der Waals surface area contributed by atoms with Crippen molar-refractivity contribution in [1.29, 1.82) is 0 Å².